The zero-order valence-corrected chi connectivity index (χ0v) is 9.89. The maximum absolute atomic E-state index is 12.3. The minimum Gasteiger partial charge on any atom is -0.311 e. The van der Waals surface area contributed by atoms with Crippen molar-refractivity contribution < 1.29 is 8.78 Å². The van der Waals surface area contributed by atoms with Crippen LogP contribution < -0.4 is 5.32 Å². The third kappa shape index (κ3) is 3.63. The number of benzene rings is 1. The van der Waals surface area contributed by atoms with E-state index in [2.05, 4.69) is 22.5 Å². The molecule has 0 aliphatic rings. The fourth-order valence-electron chi connectivity index (χ4n) is 1.67. The minimum atomic E-state index is -2.57. The first-order valence-corrected chi connectivity index (χ1v) is 5.82. The van der Waals surface area contributed by atoms with E-state index in [9.17, 15) is 8.78 Å². The molecule has 0 radical (unpaired) electrons. The van der Waals surface area contributed by atoms with Gasteiger partial charge < -0.3 is 5.32 Å². The Bertz CT molecular complexity index is 468. The second-order valence-corrected chi connectivity index (χ2v) is 3.98. The number of aromatic nitrogens is 2. The van der Waals surface area contributed by atoms with E-state index < -0.39 is 6.55 Å². The number of nitrogens with one attached hydrogen (secondary N) is 1. The number of alkyl halides is 2. The van der Waals surface area contributed by atoms with Gasteiger partial charge in [-0.3, -0.25) is 0 Å². The summed E-state index contributed by atoms with van der Waals surface area (Å²) in [5.41, 5.74) is 1.88. The van der Waals surface area contributed by atoms with Crippen LogP contribution in [0.15, 0.2) is 42.6 Å². The summed E-state index contributed by atoms with van der Waals surface area (Å²) in [6.07, 6.45) is 2.20. The number of nitrogens with zero attached hydrogens (tertiary/aromatic N) is 2. The van der Waals surface area contributed by atoms with E-state index in [0.29, 0.717) is 16.9 Å². The van der Waals surface area contributed by atoms with Crippen LogP contribution in [0, 0.1) is 0 Å². The molecule has 0 amide bonds. The number of hydrogen-bond donors (Lipinski definition) is 1. The molecule has 96 valence electrons. The number of rotatable bonds is 6. The van der Waals surface area contributed by atoms with E-state index in [0.717, 1.165) is 13.0 Å². The highest BCUT2D eigenvalue weighted by atomic mass is 19.3. The van der Waals surface area contributed by atoms with Crippen molar-refractivity contribution in [2.24, 2.45) is 0 Å². The van der Waals surface area contributed by atoms with Gasteiger partial charge in [0.05, 0.1) is 5.69 Å². The molecule has 0 unspecified atom stereocenters. The zero-order chi connectivity index (χ0) is 12.8. The van der Waals surface area contributed by atoms with Gasteiger partial charge in [0.2, 0.25) is 0 Å². The van der Waals surface area contributed by atoms with Gasteiger partial charge in [-0.25, -0.2) is 4.68 Å². The highest BCUT2D eigenvalue weighted by Gasteiger charge is 2.06. The molecular weight excluding hydrogens is 236 g/mol. The molecule has 1 heterocycles. The molecule has 1 aromatic heterocycles. The Morgan fingerprint density at radius 1 is 1.17 bits per heavy atom. The highest BCUT2D eigenvalue weighted by Crippen LogP contribution is 2.08. The topological polar surface area (TPSA) is 29.9 Å². The van der Waals surface area contributed by atoms with Crippen LogP contribution >= 0.6 is 0 Å². The highest BCUT2D eigenvalue weighted by molar-refractivity contribution is 5.14. The van der Waals surface area contributed by atoms with Gasteiger partial charge in [0, 0.05) is 12.7 Å². The Morgan fingerprint density at radius 3 is 2.61 bits per heavy atom. The van der Waals surface area contributed by atoms with Crippen LogP contribution in [0.5, 0.6) is 0 Å². The molecule has 2 rings (SSSR count). The van der Waals surface area contributed by atoms with Gasteiger partial charge in [0.25, 0.3) is 0 Å². The second kappa shape index (κ2) is 6.26. The van der Waals surface area contributed by atoms with E-state index in [4.69, 9.17) is 0 Å². The molecule has 0 aliphatic carbocycles. The van der Waals surface area contributed by atoms with E-state index in [1.807, 2.05) is 18.2 Å². The summed E-state index contributed by atoms with van der Waals surface area (Å²) in [4.78, 5) is 0. The van der Waals surface area contributed by atoms with E-state index in [-0.39, 0.29) is 0 Å². The van der Waals surface area contributed by atoms with Crippen molar-refractivity contribution in [2.45, 2.75) is 19.5 Å². The maximum Gasteiger partial charge on any atom is 0.333 e. The molecular formula is C13H15F2N3. The van der Waals surface area contributed by atoms with Crippen LogP contribution in [-0.2, 0) is 13.0 Å². The lowest BCUT2D eigenvalue weighted by Gasteiger charge is -2.03. The van der Waals surface area contributed by atoms with Crippen molar-refractivity contribution in [1.29, 1.82) is 0 Å². The summed E-state index contributed by atoms with van der Waals surface area (Å²) in [5.74, 6) is 0. The van der Waals surface area contributed by atoms with Gasteiger partial charge in [-0.1, -0.05) is 30.3 Å². The van der Waals surface area contributed by atoms with Crippen molar-refractivity contribution in [1.82, 2.24) is 15.1 Å². The molecule has 0 atom stereocenters. The smallest absolute Gasteiger partial charge is 0.311 e. The van der Waals surface area contributed by atoms with E-state index >= 15 is 0 Å². The third-order valence-electron chi connectivity index (χ3n) is 2.60. The molecule has 1 N–H and O–H groups in total. The molecule has 0 aliphatic heterocycles. The normalized spacial score (nSPS) is 11.1. The van der Waals surface area contributed by atoms with Crippen LogP contribution in [0.1, 0.15) is 17.8 Å². The monoisotopic (exact) mass is 251 g/mol. The number of halogens is 2. The Hall–Kier alpha value is -1.75. The standard InChI is InChI=1S/C13H15F2N3/c14-13(15)18-9-7-12(17-18)10-16-8-6-11-4-2-1-3-5-11/h1-5,7,9,13,16H,6,8,10H2. The molecule has 0 saturated heterocycles. The second-order valence-electron chi connectivity index (χ2n) is 3.98. The van der Waals surface area contributed by atoms with Gasteiger partial charge in [0.15, 0.2) is 0 Å². The molecule has 5 heteroatoms. The molecule has 18 heavy (non-hydrogen) atoms. The largest absolute Gasteiger partial charge is 0.333 e. The lowest BCUT2D eigenvalue weighted by atomic mass is 10.1. The third-order valence-corrected chi connectivity index (χ3v) is 2.60. The SMILES string of the molecule is FC(F)n1ccc(CNCCc2ccccc2)n1. The summed E-state index contributed by atoms with van der Waals surface area (Å²) < 4.78 is 25.2. The molecule has 0 bridgehead atoms. The van der Waals surface area contributed by atoms with Crippen molar-refractivity contribution in [3.63, 3.8) is 0 Å². The summed E-state index contributed by atoms with van der Waals surface area (Å²) in [6.45, 7) is -1.26. The summed E-state index contributed by atoms with van der Waals surface area (Å²) in [7, 11) is 0. The lowest BCUT2D eigenvalue weighted by molar-refractivity contribution is 0.0561. The summed E-state index contributed by atoms with van der Waals surface area (Å²) in [5, 5.41) is 6.94. The number of hydrogen-bond acceptors (Lipinski definition) is 2. The summed E-state index contributed by atoms with van der Waals surface area (Å²) in [6, 6.07) is 11.7. The van der Waals surface area contributed by atoms with E-state index in [1.54, 1.807) is 6.07 Å². The van der Waals surface area contributed by atoms with E-state index in [1.165, 1.54) is 11.8 Å². The molecule has 3 nitrogen and oxygen atoms in total. The van der Waals surface area contributed by atoms with Crippen LogP contribution in [0.4, 0.5) is 8.78 Å². The molecule has 1 aromatic carbocycles. The molecule has 0 saturated carbocycles. The van der Waals surface area contributed by atoms with Crippen molar-refractivity contribution >= 4 is 0 Å². The summed E-state index contributed by atoms with van der Waals surface area (Å²) >= 11 is 0. The van der Waals surface area contributed by atoms with Gasteiger partial charge in [-0.05, 0) is 24.6 Å². The van der Waals surface area contributed by atoms with Crippen molar-refractivity contribution in [2.75, 3.05) is 6.54 Å². The Labute approximate surface area is 104 Å². The van der Waals surface area contributed by atoms with Gasteiger partial charge >= 0.3 is 6.55 Å². The predicted octanol–water partition coefficient (Wildman–Crippen LogP) is 2.61. The van der Waals surface area contributed by atoms with Crippen LogP contribution in [-0.4, -0.2) is 16.3 Å². The van der Waals surface area contributed by atoms with Crippen molar-refractivity contribution in [3.05, 3.63) is 53.9 Å². The fourth-order valence-corrected chi connectivity index (χ4v) is 1.67. The molecule has 0 fully saturated rings. The van der Waals surface area contributed by atoms with Crippen LogP contribution in [0.25, 0.3) is 0 Å². The first-order chi connectivity index (χ1) is 8.75. The molecule has 2 aromatic rings. The first kappa shape index (κ1) is 12.7. The first-order valence-electron chi connectivity index (χ1n) is 5.82. The lowest BCUT2D eigenvalue weighted by Crippen LogP contribution is -2.17. The fraction of sp³-hybridized carbons (Fsp3) is 0.308. The average molecular weight is 251 g/mol. The zero-order valence-electron chi connectivity index (χ0n) is 9.89. The van der Waals surface area contributed by atoms with Gasteiger partial charge in [0.1, 0.15) is 0 Å². The maximum atomic E-state index is 12.3. The average Bonchev–Trinajstić information content (AvgIpc) is 2.85. The van der Waals surface area contributed by atoms with Crippen molar-refractivity contribution in [3.8, 4) is 0 Å². The van der Waals surface area contributed by atoms with Crippen LogP contribution in [0.3, 0.4) is 0 Å². The van der Waals surface area contributed by atoms with Crippen LogP contribution in [0.2, 0.25) is 0 Å². The minimum absolute atomic E-state index is 0.507. The molecule has 0 spiro atoms. The van der Waals surface area contributed by atoms with Gasteiger partial charge in [-0.2, -0.15) is 13.9 Å². The Balaban J connectivity index is 1.72. The quantitative estimate of drug-likeness (QED) is 0.800. The Morgan fingerprint density at radius 2 is 1.94 bits per heavy atom. The van der Waals surface area contributed by atoms with Gasteiger partial charge in [-0.15, -0.1) is 0 Å². The predicted molar refractivity (Wildman–Crippen MR) is 65.3 cm³/mol. The Kier molecular flexibility index (Phi) is 4.41.